The molecule has 0 unspecified atom stereocenters. The van der Waals surface area contributed by atoms with E-state index >= 15 is 0 Å². The van der Waals surface area contributed by atoms with Gasteiger partial charge in [0.25, 0.3) is 0 Å². The van der Waals surface area contributed by atoms with Crippen LogP contribution in [0, 0.1) is 5.92 Å². The number of carbonyl (C=O) groups excluding carboxylic acids is 1. The van der Waals surface area contributed by atoms with Gasteiger partial charge in [-0.3, -0.25) is 9.48 Å². The van der Waals surface area contributed by atoms with Crippen LogP contribution >= 0.6 is 11.3 Å². The maximum absolute atomic E-state index is 12.4. The van der Waals surface area contributed by atoms with Crippen LogP contribution in [-0.2, 0) is 11.8 Å². The van der Waals surface area contributed by atoms with Gasteiger partial charge in [-0.2, -0.15) is 5.10 Å². The van der Waals surface area contributed by atoms with E-state index in [-0.39, 0.29) is 11.8 Å². The molecule has 152 valence electrons. The second kappa shape index (κ2) is 8.24. The monoisotopic (exact) mass is 412 g/mol. The van der Waals surface area contributed by atoms with Gasteiger partial charge in [0.05, 0.1) is 19.9 Å². The van der Waals surface area contributed by atoms with Crippen LogP contribution in [0.5, 0.6) is 11.5 Å². The van der Waals surface area contributed by atoms with E-state index in [4.69, 9.17) is 14.5 Å². The number of hydrogen-bond acceptors (Lipinski definition) is 6. The van der Waals surface area contributed by atoms with E-state index in [2.05, 4.69) is 10.4 Å². The molecule has 1 aromatic carbocycles. The number of amides is 1. The lowest BCUT2D eigenvalue weighted by atomic mass is 10.1. The summed E-state index contributed by atoms with van der Waals surface area (Å²) in [5, 5.41) is 10.3. The number of anilines is 1. The van der Waals surface area contributed by atoms with Crippen LogP contribution in [0.3, 0.4) is 0 Å². The van der Waals surface area contributed by atoms with Crippen molar-refractivity contribution < 1.29 is 14.3 Å². The Bertz CT molecular complexity index is 1020. The summed E-state index contributed by atoms with van der Waals surface area (Å²) in [6.45, 7) is 0. The van der Waals surface area contributed by atoms with Gasteiger partial charge in [-0.05, 0) is 31.0 Å². The lowest BCUT2D eigenvalue weighted by molar-refractivity contribution is -0.119. The standard InChI is InChI=1S/C21H24N4O3S/c1-25-19(23-20(26)13-6-4-5-7-13)11-15(24-25)21-22-16(12-29-21)14-8-9-17(27-2)18(10-14)28-3/h8-13H,4-7H2,1-3H3,(H,23,26). The Balaban J connectivity index is 1.55. The first-order valence-corrected chi connectivity index (χ1v) is 10.5. The van der Waals surface area contributed by atoms with Gasteiger partial charge in [-0.15, -0.1) is 11.3 Å². The predicted molar refractivity (Wildman–Crippen MR) is 113 cm³/mol. The van der Waals surface area contributed by atoms with E-state index in [1.54, 1.807) is 18.9 Å². The number of rotatable bonds is 6. The van der Waals surface area contributed by atoms with Gasteiger partial charge in [0, 0.05) is 30.0 Å². The smallest absolute Gasteiger partial charge is 0.228 e. The molecular weight excluding hydrogens is 388 g/mol. The van der Waals surface area contributed by atoms with E-state index in [0.29, 0.717) is 17.3 Å². The normalized spacial score (nSPS) is 14.2. The fourth-order valence-electron chi connectivity index (χ4n) is 3.62. The van der Waals surface area contributed by atoms with E-state index in [0.717, 1.165) is 47.6 Å². The highest BCUT2D eigenvalue weighted by Crippen LogP contribution is 2.35. The number of aromatic nitrogens is 3. The molecule has 0 spiro atoms. The minimum absolute atomic E-state index is 0.0854. The van der Waals surface area contributed by atoms with Gasteiger partial charge in [-0.25, -0.2) is 4.98 Å². The minimum atomic E-state index is 0.0854. The first kappa shape index (κ1) is 19.4. The second-order valence-corrected chi connectivity index (χ2v) is 7.97. The maximum atomic E-state index is 12.4. The Kier molecular flexibility index (Phi) is 5.53. The lowest BCUT2D eigenvalue weighted by Gasteiger charge is -2.09. The molecule has 0 radical (unpaired) electrons. The average molecular weight is 413 g/mol. The third kappa shape index (κ3) is 3.98. The second-order valence-electron chi connectivity index (χ2n) is 7.12. The Labute approximate surface area is 173 Å². The number of hydrogen-bond donors (Lipinski definition) is 1. The van der Waals surface area contributed by atoms with Crippen molar-refractivity contribution in [3.63, 3.8) is 0 Å². The fraction of sp³-hybridized carbons (Fsp3) is 0.381. The number of aryl methyl sites for hydroxylation is 1. The summed E-state index contributed by atoms with van der Waals surface area (Å²) in [5.41, 5.74) is 2.52. The first-order valence-electron chi connectivity index (χ1n) is 9.62. The summed E-state index contributed by atoms with van der Waals surface area (Å²) >= 11 is 1.52. The van der Waals surface area contributed by atoms with Gasteiger partial charge in [-0.1, -0.05) is 12.8 Å². The molecule has 4 rings (SSSR count). The third-order valence-electron chi connectivity index (χ3n) is 5.26. The van der Waals surface area contributed by atoms with Crippen LogP contribution in [0.4, 0.5) is 5.82 Å². The van der Waals surface area contributed by atoms with Crippen molar-refractivity contribution in [3.05, 3.63) is 29.6 Å². The minimum Gasteiger partial charge on any atom is -0.493 e. The van der Waals surface area contributed by atoms with Crippen molar-refractivity contribution in [1.29, 1.82) is 0 Å². The molecule has 2 aromatic heterocycles. The Hall–Kier alpha value is -2.87. The topological polar surface area (TPSA) is 78.3 Å². The highest BCUT2D eigenvalue weighted by Gasteiger charge is 2.24. The Morgan fingerprint density at radius 2 is 1.90 bits per heavy atom. The van der Waals surface area contributed by atoms with E-state index in [9.17, 15) is 4.79 Å². The van der Waals surface area contributed by atoms with Crippen molar-refractivity contribution in [1.82, 2.24) is 14.8 Å². The highest BCUT2D eigenvalue weighted by molar-refractivity contribution is 7.13. The van der Waals surface area contributed by atoms with Crippen LogP contribution in [0.15, 0.2) is 29.6 Å². The van der Waals surface area contributed by atoms with Crippen LogP contribution < -0.4 is 14.8 Å². The van der Waals surface area contributed by atoms with Crippen molar-refractivity contribution in [3.8, 4) is 33.5 Å². The quantitative estimate of drug-likeness (QED) is 0.651. The Morgan fingerprint density at radius 3 is 2.62 bits per heavy atom. The largest absolute Gasteiger partial charge is 0.493 e. The molecule has 1 aliphatic carbocycles. The van der Waals surface area contributed by atoms with Gasteiger partial charge >= 0.3 is 0 Å². The average Bonchev–Trinajstić information content (AvgIpc) is 3.49. The van der Waals surface area contributed by atoms with Crippen LogP contribution in [0.2, 0.25) is 0 Å². The molecule has 0 atom stereocenters. The highest BCUT2D eigenvalue weighted by atomic mass is 32.1. The molecule has 0 aliphatic heterocycles. The van der Waals surface area contributed by atoms with Crippen LogP contribution in [-0.4, -0.2) is 34.9 Å². The first-order chi connectivity index (χ1) is 14.1. The van der Waals surface area contributed by atoms with Crippen LogP contribution in [0.25, 0.3) is 22.0 Å². The zero-order valence-electron chi connectivity index (χ0n) is 16.8. The number of thiazole rings is 1. The van der Waals surface area contributed by atoms with Gasteiger partial charge in [0.1, 0.15) is 16.5 Å². The van der Waals surface area contributed by atoms with Crippen LogP contribution in [0.1, 0.15) is 25.7 Å². The fourth-order valence-corrected chi connectivity index (χ4v) is 4.41. The lowest BCUT2D eigenvalue weighted by Crippen LogP contribution is -2.21. The van der Waals surface area contributed by atoms with Crippen molar-refractivity contribution in [2.75, 3.05) is 19.5 Å². The predicted octanol–water partition coefficient (Wildman–Crippen LogP) is 4.36. The molecule has 3 aromatic rings. The van der Waals surface area contributed by atoms with Gasteiger partial charge < -0.3 is 14.8 Å². The summed E-state index contributed by atoms with van der Waals surface area (Å²) in [4.78, 5) is 17.2. The molecule has 0 saturated heterocycles. The maximum Gasteiger partial charge on any atom is 0.228 e. The molecular formula is C21H24N4O3S. The van der Waals surface area contributed by atoms with E-state index in [1.165, 1.54) is 11.3 Å². The number of carbonyl (C=O) groups is 1. The molecule has 29 heavy (non-hydrogen) atoms. The molecule has 1 fully saturated rings. The summed E-state index contributed by atoms with van der Waals surface area (Å²) in [7, 11) is 5.06. The number of nitrogens with zero attached hydrogens (tertiary/aromatic N) is 3. The van der Waals surface area contributed by atoms with E-state index < -0.39 is 0 Å². The molecule has 1 saturated carbocycles. The molecule has 0 bridgehead atoms. The summed E-state index contributed by atoms with van der Waals surface area (Å²) < 4.78 is 12.4. The molecule has 7 nitrogen and oxygen atoms in total. The van der Waals surface area contributed by atoms with Crippen molar-refractivity contribution in [2.45, 2.75) is 25.7 Å². The van der Waals surface area contributed by atoms with E-state index in [1.807, 2.05) is 36.7 Å². The van der Waals surface area contributed by atoms with Crippen molar-refractivity contribution >= 4 is 23.1 Å². The van der Waals surface area contributed by atoms with Gasteiger partial charge in [0.15, 0.2) is 11.5 Å². The molecule has 2 heterocycles. The number of ether oxygens (including phenoxy) is 2. The summed E-state index contributed by atoms with van der Waals surface area (Å²) in [5.74, 6) is 2.24. The van der Waals surface area contributed by atoms with Gasteiger partial charge in [0.2, 0.25) is 5.91 Å². The molecule has 1 aliphatic rings. The number of nitrogens with one attached hydrogen (secondary N) is 1. The zero-order valence-corrected chi connectivity index (χ0v) is 17.6. The molecule has 8 heteroatoms. The zero-order chi connectivity index (χ0) is 20.4. The Morgan fingerprint density at radius 1 is 1.14 bits per heavy atom. The summed E-state index contributed by atoms with van der Waals surface area (Å²) in [6.07, 6.45) is 4.20. The SMILES string of the molecule is COc1ccc(-c2csc(-c3cc(NC(=O)C4CCCC4)n(C)n3)n2)cc1OC. The third-order valence-corrected chi connectivity index (χ3v) is 6.12. The molecule has 1 amide bonds. The summed E-state index contributed by atoms with van der Waals surface area (Å²) in [6, 6.07) is 7.60. The van der Waals surface area contributed by atoms with Crippen molar-refractivity contribution in [2.24, 2.45) is 13.0 Å². The molecule has 1 N–H and O–H groups in total. The number of benzene rings is 1. The number of methoxy groups -OCH3 is 2.